The molecule has 1 atom stereocenters. The van der Waals surface area contributed by atoms with Gasteiger partial charge < -0.3 is 19.5 Å². The van der Waals surface area contributed by atoms with Crippen LogP contribution in [0, 0.1) is 0 Å². The number of ketones is 1. The molecule has 0 amide bonds. The van der Waals surface area contributed by atoms with Crippen molar-refractivity contribution in [3.8, 4) is 11.5 Å². The molecule has 1 unspecified atom stereocenters. The molecule has 0 radical (unpaired) electrons. The first kappa shape index (κ1) is 19.9. The van der Waals surface area contributed by atoms with Gasteiger partial charge in [-0.25, -0.2) is 0 Å². The molecule has 0 bridgehead atoms. The minimum Gasteiger partial charge on any atom is -0.497 e. The molecule has 1 N–H and O–H groups in total. The van der Waals surface area contributed by atoms with E-state index < -0.39 is 6.10 Å². The average molecular weight is 357 g/mol. The first-order valence-electron chi connectivity index (χ1n) is 8.69. The van der Waals surface area contributed by atoms with Gasteiger partial charge in [-0.15, -0.1) is 0 Å². The highest BCUT2D eigenvalue weighted by molar-refractivity contribution is 5.96. The van der Waals surface area contributed by atoms with Crippen molar-refractivity contribution in [1.29, 1.82) is 0 Å². The van der Waals surface area contributed by atoms with Crippen molar-refractivity contribution < 1.29 is 19.4 Å². The Labute approximate surface area is 155 Å². The number of hydrogen-bond acceptors (Lipinski definition) is 5. The van der Waals surface area contributed by atoms with Crippen molar-refractivity contribution in [2.24, 2.45) is 0 Å². The van der Waals surface area contributed by atoms with Gasteiger partial charge >= 0.3 is 0 Å². The maximum Gasteiger partial charge on any atom is 0.165 e. The fraction of sp³-hybridized carbons (Fsp3) is 0.381. The number of hydrogen-bond donors (Lipinski definition) is 1. The first-order chi connectivity index (χ1) is 12.5. The highest BCUT2D eigenvalue weighted by Gasteiger charge is 2.13. The lowest BCUT2D eigenvalue weighted by Gasteiger charge is -2.13. The number of likely N-dealkylation sites (N-methyl/N-ethyl adjacent to an activating group) is 1. The highest BCUT2D eigenvalue weighted by Crippen LogP contribution is 2.17. The Morgan fingerprint density at radius 3 is 2.23 bits per heavy atom. The number of rotatable bonds is 10. The molecule has 5 nitrogen and oxygen atoms in total. The Kier molecular flexibility index (Phi) is 7.63. The molecule has 0 heterocycles. The van der Waals surface area contributed by atoms with Crippen LogP contribution in [-0.4, -0.2) is 56.3 Å². The Morgan fingerprint density at radius 2 is 1.65 bits per heavy atom. The van der Waals surface area contributed by atoms with Crippen LogP contribution in [0.2, 0.25) is 0 Å². The van der Waals surface area contributed by atoms with E-state index in [4.69, 9.17) is 9.47 Å². The number of carbonyl (C=O) groups excluding carboxylic acids is 1. The summed E-state index contributed by atoms with van der Waals surface area (Å²) in [5.41, 5.74) is 1.55. The molecule has 2 aromatic carbocycles. The van der Waals surface area contributed by atoms with E-state index in [9.17, 15) is 9.90 Å². The molecule has 0 aliphatic rings. The molecule has 5 heteroatoms. The van der Waals surface area contributed by atoms with Gasteiger partial charge in [-0.1, -0.05) is 12.1 Å². The van der Waals surface area contributed by atoms with Crippen LogP contribution in [0.3, 0.4) is 0 Å². The van der Waals surface area contributed by atoms with E-state index in [1.807, 2.05) is 38.4 Å². The van der Waals surface area contributed by atoms with Crippen LogP contribution < -0.4 is 9.47 Å². The number of ether oxygens (including phenoxy) is 2. The smallest absolute Gasteiger partial charge is 0.165 e. The maximum atomic E-state index is 12.2. The molecule has 0 spiro atoms. The van der Waals surface area contributed by atoms with Crippen molar-refractivity contribution in [3.63, 3.8) is 0 Å². The van der Waals surface area contributed by atoms with E-state index in [0.29, 0.717) is 24.3 Å². The molecule has 0 fully saturated rings. The van der Waals surface area contributed by atoms with Gasteiger partial charge in [0, 0.05) is 18.5 Å². The van der Waals surface area contributed by atoms with Crippen LogP contribution in [-0.2, 0) is 6.42 Å². The third-order valence-corrected chi connectivity index (χ3v) is 4.03. The lowest BCUT2D eigenvalue weighted by atomic mass is 10.00. The fourth-order valence-electron chi connectivity index (χ4n) is 2.52. The molecule has 26 heavy (non-hydrogen) atoms. The largest absolute Gasteiger partial charge is 0.497 e. The SMILES string of the molecule is COc1ccc(C(=O)CC(O)Cc2ccc(OCCN(C)C)cc2)cc1. The second kappa shape index (κ2) is 9.94. The molecule has 140 valence electrons. The van der Waals surface area contributed by atoms with Crippen molar-refractivity contribution in [2.75, 3.05) is 34.4 Å². The van der Waals surface area contributed by atoms with Crippen LogP contribution in [0.1, 0.15) is 22.3 Å². The second-order valence-corrected chi connectivity index (χ2v) is 6.51. The van der Waals surface area contributed by atoms with E-state index in [0.717, 1.165) is 17.9 Å². The van der Waals surface area contributed by atoms with Gasteiger partial charge in [0.25, 0.3) is 0 Å². The van der Waals surface area contributed by atoms with Crippen molar-refractivity contribution >= 4 is 5.78 Å². The summed E-state index contributed by atoms with van der Waals surface area (Å²) in [4.78, 5) is 14.3. The normalized spacial score (nSPS) is 12.0. The van der Waals surface area contributed by atoms with Gasteiger partial charge in [0.15, 0.2) is 5.78 Å². The molecule has 0 saturated heterocycles. The highest BCUT2D eigenvalue weighted by atomic mass is 16.5. The third-order valence-electron chi connectivity index (χ3n) is 4.03. The zero-order chi connectivity index (χ0) is 18.9. The standard InChI is InChI=1S/C21H27NO4/c1-22(2)12-13-26-20-8-4-16(5-9-20)14-18(23)15-21(24)17-6-10-19(25-3)11-7-17/h4-11,18,23H,12-15H2,1-3H3. The van der Waals surface area contributed by atoms with Gasteiger partial charge in [-0.05, 0) is 62.5 Å². The second-order valence-electron chi connectivity index (χ2n) is 6.51. The number of benzene rings is 2. The number of aliphatic hydroxyl groups is 1. The number of nitrogens with zero attached hydrogens (tertiary/aromatic N) is 1. The molecule has 0 aromatic heterocycles. The molecule has 2 aromatic rings. The topological polar surface area (TPSA) is 59.0 Å². The summed E-state index contributed by atoms with van der Waals surface area (Å²) in [5, 5.41) is 10.2. The quantitative estimate of drug-likeness (QED) is 0.663. The summed E-state index contributed by atoms with van der Waals surface area (Å²) in [6, 6.07) is 14.6. The number of carbonyl (C=O) groups is 1. The summed E-state index contributed by atoms with van der Waals surface area (Å²) in [6.07, 6.45) is -0.196. The minimum absolute atomic E-state index is 0.0798. The summed E-state index contributed by atoms with van der Waals surface area (Å²) in [5.74, 6) is 1.43. The Morgan fingerprint density at radius 1 is 1.04 bits per heavy atom. The summed E-state index contributed by atoms with van der Waals surface area (Å²) in [7, 11) is 5.58. The maximum absolute atomic E-state index is 12.2. The van der Waals surface area contributed by atoms with Gasteiger partial charge in [0.1, 0.15) is 18.1 Å². The third kappa shape index (κ3) is 6.50. The summed E-state index contributed by atoms with van der Waals surface area (Å²) < 4.78 is 10.7. The van der Waals surface area contributed by atoms with Crippen LogP contribution >= 0.6 is 0 Å². The molecule has 0 aliphatic carbocycles. The number of Topliss-reactive ketones (excluding diaryl/α,β-unsaturated/α-hetero) is 1. The molecule has 0 saturated carbocycles. The number of aliphatic hydroxyl groups excluding tert-OH is 1. The van der Waals surface area contributed by atoms with Crippen molar-refractivity contribution in [3.05, 3.63) is 59.7 Å². The van der Waals surface area contributed by atoms with E-state index in [2.05, 4.69) is 4.90 Å². The molecular formula is C21H27NO4. The lowest BCUT2D eigenvalue weighted by Crippen LogP contribution is -2.19. The zero-order valence-electron chi connectivity index (χ0n) is 15.6. The Hall–Kier alpha value is -2.37. The first-order valence-corrected chi connectivity index (χ1v) is 8.69. The van der Waals surface area contributed by atoms with Gasteiger partial charge in [0.05, 0.1) is 13.2 Å². The van der Waals surface area contributed by atoms with Gasteiger partial charge in [0.2, 0.25) is 0 Å². The van der Waals surface area contributed by atoms with Gasteiger partial charge in [-0.3, -0.25) is 4.79 Å². The molecule has 0 aliphatic heterocycles. The molecule has 2 rings (SSSR count). The predicted molar refractivity (Wildman–Crippen MR) is 102 cm³/mol. The van der Waals surface area contributed by atoms with Crippen LogP contribution in [0.15, 0.2) is 48.5 Å². The predicted octanol–water partition coefficient (Wildman–Crippen LogP) is 2.81. The average Bonchev–Trinajstić information content (AvgIpc) is 2.63. The Balaban J connectivity index is 1.82. The van der Waals surface area contributed by atoms with Crippen LogP contribution in [0.5, 0.6) is 11.5 Å². The van der Waals surface area contributed by atoms with Crippen molar-refractivity contribution in [1.82, 2.24) is 4.90 Å². The van der Waals surface area contributed by atoms with Crippen LogP contribution in [0.25, 0.3) is 0 Å². The van der Waals surface area contributed by atoms with E-state index >= 15 is 0 Å². The fourth-order valence-corrected chi connectivity index (χ4v) is 2.52. The van der Waals surface area contributed by atoms with E-state index in [1.54, 1.807) is 31.4 Å². The lowest BCUT2D eigenvalue weighted by molar-refractivity contribution is 0.0881. The monoisotopic (exact) mass is 357 g/mol. The summed E-state index contributed by atoms with van der Waals surface area (Å²) in [6.45, 7) is 1.49. The van der Waals surface area contributed by atoms with Crippen molar-refractivity contribution in [2.45, 2.75) is 18.9 Å². The molecular weight excluding hydrogens is 330 g/mol. The van der Waals surface area contributed by atoms with Crippen LogP contribution in [0.4, 0.5) is 0 Å². The van der Waals surface area contributed by atoms with E-state index in [1.165, 1.54) is 0 Å². The number of methoxy groups -OCH3 is 1. The van der Waals surface area contributed by atoms with Gasteiger partial charge in [-0.2, -0.15) is 0 Å². The minimum atomic E-state index is -0.717. The Bertz CT molecular complexity index is 680. The van der Waals surface area contributed by atoms with E-state index in [-0.39, 0.29) is 12.2 Å². The summed E-state index contributed by atoms with van der Waals surface area (Å²) >= 11 is 0. The zero-order valence-corrected chi connectivity index (χ0v) is 15.6.